The lowest BCUT2D eigenvalue weighted by Gasteiger charge is -2.13. The Hall–Kier alpha value is -2.53. The lowest BCUT2D eigenvalue weighted by molar-refractivity contribution is 1.06. The Morgan fingerprint density at radius 2 is 1.71 bits per heavy atom. The molecular weight excluding hydrogens is 316 g/mol. The number of nitrogens with zero attached hydrogens (tertiary/aromatic N) is 2. The Kier molecular flexibility index (Phi) is 4.71. The number of benzene rings is 2. The van der Waals surface area contributed by atoms with E-state index in [0.29, 0.717) is 11.5 Å². The van der Waals surface area contributed by atoms with Gasteiger partial charge in [0.1, 0.15) is 17.0 Å². The number of aryl methyl sites for hydroxylation is 2. The fraction of sp³-hybridized carbons (Fsp3) is 0.158. The van der Waals surface area contributed by atoms with Crippen molar-refractivity contribution in [2.75, 3.05) is 11.1 Å². The highest BCUT2D eigenvalue weighted by Gasteiger charge is 2.11. The molecule has 0 amide bonds. The predicted octanol–water partition coefficient (Wildman–Crippen LogP) is 4.88. The predicted molar refractivity (Wildman–Crippen MR) is 101 cm³/mol. The summed E-state index contributed by atoms with van der Waals surface area (Å²) in [6.07, 6.45) is 1.54. The molecule has 0 fully saturated rings. The van der Waals surface area contributed by atoms with E-state index in [9.17, 15) is 0 Å². The van der Waals surface area contributed by atoms with Crippen LogP contribution >= 0.6 is 11.8 Å². The average Bonchev–Trinajstić information content (AvgIpc) is 2.57. The molecule has 0 aliphatic heterocycles. The zero-order chi connectivity index (χ0) is 17.1. The Morgan fingerprint density at radius 3 is 2.46 bits per heavy atom. The van der Waals surface area contributed by atoms with E-state index < -0.39 is 0 Å². The van der Waals surface area contributed by atoms with Crippen LogP contribution in [0.15, 0.2) is 58.7 Å². The molecule has 1 aromatic heterocycles. The van der Waals surface area contributed by atoms with E-state index in [1.54, 1.807) is 6.33 Å². The van der Waals surface area contributed by atoms with Gasteiger partial charge < -0.3 is 11.1 Å². The molecule has 0 bridgehead atoms. The minimum Gasteiger partial charge on any atom is -0.394 e. The van der Waals surface area contributed by atoms with Gasteiger partial charge in [0, 0.05) is 10.6 Å². The molecule has 0 aliphatic rings. The van der Waals surface area contributed by atoms with Gasteiger partial charge in [0.05, 0.1) is 0 Å². The van der Waals surface area contributed by atoms with Crippen LogP contribution in [-0.4, -0.2) is 9.97 Å². The third-order valence-electron chi connectivity index (χ3n) is 3.94. The van der Waals surface area contributed by atoms with Crippen LogP contribution in [0.1, 0.15) is 16.7 Å². The summed E-state index contributed by atoms with van der Waals surface area (Å²) in [6, 6.07) is 14.4. The van der Waals surface area contributed by atoms with Gasteiger partial charge in [0.25, 0.3) is 0 Å². The molecule has 4 nitrogen and oxygen atoms in total. The Balaban J connectivity index is 1.88. The zero-order valence-electron chi connectivity index (χ0n) is 14.0. The van der Waals surface area contributed by atoms with E-state index in [2.05, 4.69) is 66.4 Å². The van der Waals surface area contributed by atoms with Crippen molar-refractivity contribution in [2.45, 2.75) is 30.7 Å². The normalized spacial score (nSPS) is 10.6. The maximum absolute atomic E-state index is 6.29. The largest absolute Gasteiger partial charge is 0.394 e. The van der Waals surface area contributed by atoms with E-state index in [1.165, 1.54) is 28.5 Å². The molecule has 3 rings (SSSR count). The van der Waals surface area contributed by atoms with Crippen LogP contribution < -0.4 is 11.1 Å². The van der Waals surface area contributed by atoms with Crippen molar-refractivity contribution in [2.24, 2.45) is 0 Å². The number of nitrogens with one attached hydrogen (secondary N) is 1. The SMILES string of the molecule is Cc1ccc(Sc2ncnc(Nc3cccc(C)c3C)c2N)cc1. The molecule has 2 aromatic carbocycles. The van der Waals surface area contributed by atoms with Gasteiger partial charge in [-0.1, -0.05) is 41.6 Å². The number of rotatable bonds is 4. The Morgan fingerprint density at radius 1 is 0.958 bits per heavy atom. The highest BCUT2D eigenvalue weighted by molar-refractivity contribution is 7.99. The summed E-state index contributed by atoms with van der Waals surface area (Å²) in [4.78, 5) is 9.73. The van der Waals surface area contributed by atoms with Crippen molar-refractivity contribution in [3.05, 3.63) is 65.5 Å². The van der Waals surface area contributed by atoms with Gasteiger partial charge in [-0.05, 0) is 50.1 Å². The molecule has 3 aromatic rings. The van der Waals surface area contributed by atoms with E-state index in [4.69, 9.17) is 5.73 Å². The van der Waals surface area contributed by atoms with Gasteiger partial charge >= 0.3 is 0 Å². The van der Waals surface area contributed by atoms with E-state index in [-0.39, 0.29) is 0 Å². The Bertz CT molecular complexity index is 860. The van der Waals surface area contributed by atoms with Crippen molar-refractivity contribution in [3.8, 4) is 0 Å². The molecule has 0 saturated carbocycles. The highest BCUT2D eigenvalue weighted by atomic mass is 32.2. The second-order valence-corrected chi connectivity index (χ2v) is 6.79. The molecule has 0 unspecified atom stereocenters. The first-order valence-electron chi connectivity index (χ1n) is 7.73. The second kappa shape index (κ2) is 6.93. The van der Waals surface area contributed by atoms with Gasteiger partial charge in [0.15, 0.2) is 5.82 Å². The average molecular weight is 336 g/mol. The third-order valence-corrected chi connectivity index (χ3v) is 4.97. The van der Waals surface area contributed by atoms with Gasteiger partial charge in [-0.25, -0.2) is 9.97 Å². The standard InChI is InChI=1S/C19H20N4S/c1-12-7-9-15(10-8-12)24-19-17(20)18(21-11-22-19)23-16-6-4-5-13(2)14(16)3/h4-11H,20H2,1-3H3,(H,21,22,23). The fourth-order valence-electron chi connectivity index (χ4n) is 2.29. The van der Waals surface area contributed by atoms with Gasteiger partial charge in [-0.3, -0.25) is 0 Å². The molecule has 5 heteroatoms. The molecular formula is C19H20N4S. The van der Waals surface area contributed by atoms with E-state index in [1.807, 2.05) is 12.1 Å². The summed E-state index contributed by atoms with van der Waals surface area (Å²) in [5.74, 6) is 0.633. The molecule has 24 heavy (non-hydrogen) atoms. The van der Waals surface area contributed by atoms with Crippen LogP contribution in [0.3, 0.4) is 0 Å². The minimum absolute atomic E-state index is 0.559. The van der Waals surface area contributed by atoms with Crippen LogP contribution in [0.4, 0.5) is 17.2 Å². The summed E-state index contributed by atoms with van der Waals surface area (Å²) in [7, 11) is 0. The first-order chi connectivity index (χ1) is 11.5. The lowest BCUT2D eigenvalue weighted by atomic mass is 10.1. The van der Waals surface area contributed by atoms with Crippen molar-refractivity contribution in [1.29, 1.82) is 0 Å². The first kappa shape index (κ1) is 16.3. The molecule has 0 aliphatic carbocycles. The van der Waals surface area contributed by atoms with Crippen LogP contribution in [0.2, 0.25) is 0 Å². The van der Waals surface area contributed by atoms with Gasteiger partial charge in [-0.2, -0.15) is 0 Å². The summed E-state index contributed by atoms with van der Waals surface area (Å²) < 4.78 is 0. The molecule has 0 atom stereocenters. The second-order valence-electron chi connectivity index (χ2n) is 5.73. The van der Waals surface area contributed by atoms with Crippen molar-refractivity contribution < 1.29 is 0 Å². The van der Waals surface area contributed by atoms with E-state index in [0.717, 1.165) is 15.6 Å². The summed E-state index contributed by atoms with van der Waals surface area (Å²) in [5, 5.41) is 4.08. The highest BCUT2D eigenvalue weighted by Crippen LogP contribution is 2.34. The summed E-state index contributed by atoms with van der Waals surface area (Å²) in [6.45, 7) is 6.24. The quantitative estimate of drug-likeness (QED) is 0.665. The topological polar surface area (TPSA) is 63.8 Å². The smallest absolute Gasteiger partial charge is 0.158 e. The molecule has 0 saturated heterocycles. The minimum atomic E-state index is 0.559. The molecule has 0 radical (unpaired) electrons. The van der Waals surface area contributed by atoms with Gasteiger partial charge in [-0.15, -0.1) is 0 Å². The van der Waals surface area contributed by atoms with Crippen LogP contribution in [-0.2, 0) is 0 Å². The fourth-order valence-corrected chi connectivity index (χ4v) is 3.09. The van der Waals surface area contributed by atoms with Crippen LogP contribution in [0.25, 0.3) is 0 Å². The maximum Gasteiger partial charge on any atom is 0.158 e. The lowest BCUT2D eigenvalue weighted by Crippen LogP contribution is -2.03. The number of hydrogen-bond donors (Lipinski definition) is 2. The Labute approximate surface area is 146 Å². The molecule has 0 spiro atoms. The maximum atomic E-state index is 6.29. The number of aromatic nitrogens is 2. The van der Waals surface area contributed by atoms with Crippen molar-refractivity contribution in [3.63, 3.8) is 0 Å². The van der Waals surface area contributed by atoms with Gasteiger partial charge in [0.2, 0.25) is 0 Å². The summed E-state index contributed by atoms with van der Waals surface area (Å²) in [5.41, 5.74) is 11.5. The van der Waals surface area contributed by atoms with Crippen molar-refractivity contribution in [1.82, 2.24) is 9.97 Å². The first-order valence-corrected chi connectivity index (χ1v) is 8.54. The molecule has 122 valence electrons. The van der Waals surface area contributed by atoms with Crippen LogP contribution in [0.5, 0.6) is 0 Å². The van der Waals surface area contributed by atoms with Crippen molar-refractivity contribution >= 4 is 29.0 Å². The molecule has 1 heterocycles. The zero-order valence-corrected chi connectivity index (χ0v) is 14.8. The molecule has 3 N–H and O–H groups in total. The number of nitrogen functional groups attached to an aromatic ring is 1. The monoisotopic (exact) mass is 336 g/mol. The number of nitrogens with two attached hydrogens (primary N) is 1. The summed E-state index contributed by atoms with van der Waals surface area (Å²) >= 11 is 1.54. The number of hydrogen-bond acceptors (Lipinski definition) is 5. The van der Waals surface area contributed by atoms with E-state index >= 15 is 0 Å². The van der Waals surface area contributed by atoms with Crippen LogP contribution in [0, 0.1) is 20.8 Å². The number of anilines is 3. The third kappa shape index (κ3) is 3.51.